The van der Waals surface area contributed by atoms with Gasteiger partial charge in [0.15, 0.2) is 11.5 Å². The van der Waals surface area contributed by atoms with Crippen molar-refractivity contribution in [3.63, 3.8) is 0 Å². The number of carbonyl (C=O) groups excluding carboxylic acids is 1. The van der Waals surface area contributed by atoms with Gasteiger partial charge in [0, 0.05) is 18.2 Å². The number of fused-ring (bicyclic) bond motifs is 1. The van der Waals surface area contributed by atoms with Gasteiger partial charge in [-0.1, -0.05) is 0 Å². The van der Waals surface area contributed by atoms with E-state index in [0.717, 1.165) is 42.8 Å². The van der Waals surface area contributed by atoms with Crippen molar-refractivity contribution in [2.45, 2.75) is 44.6 Å². The smallest absolute Gasteiger partial charge is 0.241 e. The molecule has 1 aromatic rings. The summed E-state index contributed by atoms with van der Waals surface area (Å²) in [5, 5.41) is 7.67. The minimum Gasteiger partial charge on any atom is -0.493 e. The van der Waals surface area contributed by atoms with Crippen molar-refractivity contribution in [2.75, 3.05) is 20.8 Å². The van der Waals surface area contributed by atoms with Gasteiger partial charge in [0.1, 0.15) is 0 Å². The van der Waals surface area contributed by atoms with Crippen LogP contribution in [0.25, 0.3) is 0 Å². The van der Waals surface area contributed by atoms with Crippen LogP contribution in [0.5, 0.6) is 11.5 Å². The first-order valence-corrected chi connectivity index (χ1v) is 8.53. The van der Waals surface area contributed by atoms with E-state index in [0.29, 0.717) is 12.2 Å². The molecule has 130 valence electrons. The molecular weight excluding hydrogens is 306 g/mol. The Morgan fingerprint density at radius 3 is 2.62 bits per heavy atom. The largest absolute Gasteiger partial charge is 0.493 e. The summed E-state index contributed by atoms with van der Waals surface area (Å²) >= 11 is 0. The summed E-state index contributed by atoms with van der Waals surface area (Å²) in [6, 6.07) is 3.96. The normalized spacial score (nSPS) is 19.6. The first-order chi connectivity index (χ1) is 11.7. The molecule has 1 saturated carbocycles. The van der Waals surface area contributed by atoms with Gasteiger partial charge in [-0.15, -0.1) is 0 Å². The third-order valence-electron chi connectivity index (χ3n) is 4.71. The Morgan fingerprint density at radius 2 is 1.92 bits per heavy atom. The second-order valence-corrected chi connectivity index (χ2v) is 6.29. The van der Waals surface area contributed by atoms with Gasteiger partial charge in [0.2, 0.25) is 5.91 Å². The zero-order valence-electron chi connectivity index (χ0n) is 14.4. The van der Waals surface area contributed by atoms with E-state index in [4.69, 9.17) is 9.47 Å². The maximum atomic E-state index is 12.2. The van der Waals surface area contributed by atoms with E-state index in [9.17, 15) is 4.79 Å². The molecular formula is C18H25N3O3. The minimum absolute atomic E-state index is 0.0302. The number of methoxy groups -OCH3 is 2. The molecule has 0 radical (unpaired) electrons. The number of hydrogen-bond donors (Lipinski definition) is 2. The second-order valence-electron chi connectivity index (χ2n) is 6.29. The van der Waals surface area contributed by atoms with Crippen molar-refractivity contribution in [1.82, 2.24) is 10.7 Å². The molecule has 0 bridgehead atoms. The lowest BCUT2D eigenvalue weighted by Crippen LogP contribution is -2.34. The van der Waals surface area contributed by atoms with Crippen LogP contribution < -0.4 is 20.2 Å². The van der Waals surface area contributed by atoms with Crippen LogP contribution in [-0.2, 0) is 11.2 Å². The summed E-state index contributed by atoms with van der Waals surface area (Å²) in [6.45, 7) is 0.842. The minimum atomic E-state index is -0.0606. The van der Waals surface area contributed by atoms with Gasteiger partial charge in [-0.25, -0.2) is 5.43 Å². The summed E-state index contributed by atoms with van der Waals surface area (Å²) in [5.41, 5.74) is 6.11. The van der Waals surface area contributed by atoms with Crippen molar-refractivity contribution in [3.05, 3.63) is 23.3 Å². The fourth-order valence-corrected chi connectivity index (χ4v) is 3.42. The monoisotopic (exact) mass is 331 g/mol. The Kier molecular flexibility index (Phi) is 5.35. The fourth-order valence-electron chi connectivity index (χ4n) is 3.42. The summed E-state index contributed by atoms with van der Waals surface area (Å²) in [4.78, 5) is 12.2. The first kappa shape index (κ1) is 16.8. The van der Waals surface area contributed by atoms with Crippen LogP contribution in [0.15, 0.2) is 17.2 Å². The summed E-state index contributed by atoms with van der Waals surface area (Å²) < 4.78 is 10.8. The van der Waals surface area contributed by atoms with Crippen molar-refractivity contribution < 1.29 is 14.3 Å². The highest BCUT2D eigenvalue weighted by molar-refractivity contribution is 5.87. The van der Waals surface area contributed by atoms with E-state index >= 15 is 0 Å². The number of hydrogen-bond acceptors (Lipinski definition) is 5. The van der Waals surface area contributed by atoms with Gasteiger partial charge in [0.25, 0.3) is 0 Å². The predicted octanol–water partition coefficient (Wildman–Crippen LogP) is 2.33. The summed E-state index contributed by atoms with van der Waals surface area (Å²) in [7, 11) is 3.26. The predicted molar refractivity (Wildman–Crippen MR) is 92.7 cm³/mol. The highest BCUT2D eigenvalue weighted by Gasteiger charge is 2.24. The molecule has 1 atom stereocenters. The number of amides is 1. The molecule has 24 heavy (non-hydrogen) atoms. The Hall–Kier alpha value is -2.08. The number of rotatable bonds is 5. The van der Waals surface area contributed by atoms with Gasteiger partial charge < -0.3 is 14.8 Å². The van der Waals surface area contributed by atoms with Crippen LogP contribution in [0.2, 0.25) is 0 Å². The first-order valence-electron chi connectivity index (χ1n) is 8.53. The van der Waals surface area contributed by atoms with Gasteiger partial charge in [-0.3, -0.25) is 4.79 Å². The topological polar surface area (TPSA) is 72.0 Å². The molecule has 6 nitrogen and oxygen atoms in total. The molecule has 1 amide bonds. The molecule has 0 aromatic heterocycles. The van der Waals surface area contributed by atoms with Gasteiger partial charge in [0.05, 0.1) is 14.2 Å². The molecule has 1 aromatic carbocycles. The highest BCUT2D eigenvalue weighted by atomic mass is 16.5. The molecule has 2 N–H and O–H groups in total. The molecule has 0 spiro atoms. The number of nitrogens with zero attached hydrogens (tertiary/aromatic N) is 1. The Balaban J connectivity index is 1.71. The number of carbonyl (C=O) groups is 1. The van der Waals surface area contributed by atoms with Crippen LogP contribution in [0.4, 0.5) is 0 Å². The number of ether oxygens (including phenoxy) is 2. The van der Waals surface area contributed by atoms with Gasteiger partial charge in [-0.05, 0) is 61.9 Å². The zero-order chi connectivity index (χ0) is 16.9. The van der Waals surface area contributed by atoms with Crippen LogP contribution in [-0.4, -0.2) is 32.4 Å². The fraction of sp³-hybridized carbons (Fsp3) is 0.556. The average molecular weight is 331 g/mol. The van der Waals surface area contributed by atoms with E-state index in [1.165, 1.54) is 18.4 Å². The SMILES string of the molecule is COc1cc2c(cc1OC)C(CC(=O)NN=C1CCCC1)NCC2. The number of hydrazone groups is 1. The second kappa shape index (κ2) is 7.66. The van der Waals surface area contributed by atoms with Crippen molar-refractivity contribution in [2.24, 2.45) is 5.10 Å². The standard InChI is InChI=1S/C18H25N3O3/c1-23-16-9-12-7-8-19-15(14(12)10-17(16)24-2)11-18(22)21-20-13-5-3-4-6-13/h9-10,15,19H,3-8,11H2,1-2H3,(H,21,22). The lowest BCUT2D eigenvalue weighted by molar-refractivity contribution is -0.121. The third-order valence-corrected chi connectivity index (χ3v) is 4.71. The van der Waals surface area contributed by atoms with E-state index < -0.39 is 0 Å². The van der Waals surface area contributed by atoms with E-state index in [-0.39, 0.29) is 11.9 Å². The van der Waals surface area contributed by atoms with Crippen molar-refractivity contribution in [1.29, 1.82) is 0 Å². The van der Waals surface area contributed by atoms with Gasteiger partial charge in [-0.2, -0.15) is 5.10 Å². The molecule has 2 aliphatic rings. The van der Waals surface area contributed by atoms with E-state index in [2.05, 4.69) is 15.8 Å². The molecule has 0 saturated heterocycles. The molecule has 1 heterocycles. The molecule has 1 unspecified atom stereocenters. The van der Waals surface area contributed by atoms with Crippen molar-refractivity contribution >= 4 is 11.6 Å². The zero-order valence-corrected chi connectivity index (χ0v) is 14.4. The highest BCUT2D eigenvalue weighted by Crippen LogP contribution is 2.36. The number of benzene rings is 1. The maximum absolute atomic E-state index is 12.2. The molecule has 1 fully saturated rings. The maximum Gasteiger partial charge on any atom is 0.241 e. The molecule has 3 rings (SSSR count). The summed E-state index contributed by atoms with van der Waals surface area (Å²) in [6.07, 6.45) is 5.63. The van der Waals surface area contributed by atoms with Crippen molar-refractivity contribution in [3.8, 4) is 11.5 Å². The average Bonchev–Trinajstić information content (AvgIpc) is 3.12. The number of nitrogens with one attached hydrogen (secondary N) is 2. The van der Waals surface area contributed by atoms with Crippen LogP contribution in [0, 0.1) is 0 Å². The Bertz CT molecular complexity index is 635. The quantitative estimate of drug-likeness (QED) is 0.812. The molecule has 6 heteroatoms. The van der Waals surface area contributed by atoms with Crippen LogP contribution in [0.3, 0.4) is 0 Å². The molecule has 1 aliphatic carbocycles. The van der Waals surface area contributed by atoms with Crippen LogP contribution >= 0.6 is 0 Å². The van der Waals surface area contributed by atoms with Gasteiger partial charge >= 0.3 is 0 Å². The van der Waals surface area contributed by atoms with Crippen LogP contribution in [0.1, 0.15) is 49.3 Å². The Labute approximate surface area is 142 Å². The lowest BCUT2D eigenvalue weighted by atomic mass is 9.91. The summed E-state index contributed by atoms with van der Waals surface area (Å²) in [5.74, 6) is 1.36. The van der Waals surface area contributed by atoms with E-state index in [1.807, 2.05) is 12.1 Å². The third kappa shape index (κ3) is 3.70. The van der Waals surface area contributed by atoms with E-state index in [1.54, 1.807) is 14.2 Å². The Morgan fingerprint density at radius 1 is 1.21 bits per heavy atom. The lowest BCUT2D eigenvalue weighted by Gasteiger charge is -2.27. The molecule has 1 aliphatic heterocycles.